The van der Waals surface area contributed by atoms with Crippen LogP contribution in [0.4, 0.5) is 5.69 Å². The highest BCUT2D eigenvalue weighted by atomic mass is 79.9. The Morgan fingerprint density at radius 2 is 1.75 bits per heavy atom. The van der Waals surface area contributed by atoms with E-state index in [-0.39, 0.29) is 18.2 Å². The van der Waals surface area contributed by atoms with Gasteiger partial charge in [-0.3, -0.25) is 9.59 Å². The molecule has 4 nitrogen and oxygen atoms in total. The Hall–Kier alpha value is -1.69. The first kappa shape index (κ1) is 17.1. The molecule has 0 saturated carbocycles. The van der Waals surface area contributed by atoms with E-state index in [9.17, 15) is 9.59 Å². The van der Waals surface area contributed by atoms with Crippen LogP contribution in [0, 0.1) is 0 Å². The molecule has 1 saturated heterocycles. The summed E-state index contributed by atoms with van der Waals surface area (Å²) in [6.07, 6.45) is 0.961. The molecular formula is C18H16BrClN2O2. The topological polar surface area (TPSA) is 49.4 Å². The molecule has 2 aromatic carbocycles. The average molecular weight is 408 g/mol. The van der Waals surface area contributed by atoms with Gasteiger partial charge >= 0.3 is 0 Å². The van der Waals surface area contributed by atoms with Crippen LogP contribution in [0.1, 0.15) is 12.0 Å². The molecule has 0 aliphatic carbocycles. The minimum atomic E-state index is -0.464. The van der Waals surface area contributed by atoms with E-state index < -0.39 is 6.04 Å². The lowest BCUT2D eigenvalue weighted by molar-refractivity contribution is -0.121. The van der Waals surface area contributed by atoms with E-state index in [1.165, 1.54) is 4.90 Å². The summed E-state index contributed by atoms with van der Waals surface area (Å²) < 4.78 is 0.906. The van der Waals surface area contributed by atoms with Gasteiger partial charge in [0.2, 0.25) is 5.91 Å². The summed E-state index contributed by atoms with van der Waals surface area (Å²) in [5.74, 6) is -0.371. The van der Waals surface area contributed by atoms with Gasteiger partial charge in [0, 0.05) is 9.50 Å². The predicted molar refractivity (Wildman–Crippen MR) is 98.2 cm³/mol. The summed E-state index contributed by atoms with van der Waals surface area (Å²) >= 11 is 9.21. The van der Waals surface area contributed by atoms with Gasteiger partial charge in [-0.1, -0.05) is 39.7 Å². The molecule has 1 aliphatic heterocycles. The molecule has 1 heterocycles. The average Bonchev–Trinajstić information content (AvgIpc) is 2.85. The monoisotopic (exact) mass is 406 g/mol. The number of hydrogen-bond donors (Lipinski definition) is 1. The lowest BCUT2D eigenvalue weighted by Gasteiger charge is -2.15. The lowest BCUT2D eigenvalue weighted by atomic mass is 10.1. The Labute approximate surface area is 153 Å². The van der Waals surface area contributed by atoms with Crippen LogP contribution in [0.5, 0.6) is 0 Å². The lowest BCUT2D eigenvalue weighted by Crippen LogP contribution is -2.39. The predicted octanol–water partition coefficient (Wildman–Crippen LogP) is 3.57. The number of nitrogens with zero attached hydrogens (tertiary/aromatic N) is 1. The Bertz CT molecular complexity index is 747. The van der Waals surface area contributed by atoms with Crippen molar-refractivity contribution in [3.63, 3.8) is 0 Å². The molecule has 1 unspecified atom stereocenters. The molecule has 124 valence electrons. The van der Waals surface area contributed by atoms with Crippen molar-refractivity contribution in [2.75, 3.05) is 11.4 Å². The van der Waals surface area contributed by atoms with Crippen LogP contribution in [0.25, 0.3) is 0 Å². The van der Waals surface area contributed by atoms with Crippen LogP contribution in [-0.2, 0) is 16.0 Å². The molecule has 24 heavy (non-hydrogen) atoms. The van der Waals surface area contributed by atoms with Crippen LogP contribution < -0.4 is 10.2 Å². The molecule has 1 N–H and O–H groups in total. The first-order valence-corrected chi connectivity index (χ1v) is 8.82. The fraction of sp³-hybridized carbons (Fsp3) is 0.222. The normalized spacial score (nSPS) is 17.6. The van der Waals surface area contributed by atoms with E-state index >= 15 is 0 Å². The van der Waals surface area contributed by atoms with Gasteiger partial charge in [0.05, 0.1) is 18.2 Å². The third-order valence-corrected chi connectivity index (χ3v) is 4.73. The summed E-state index contributed by atoms with van der Waals surface area (Å²) in [5, 5.41) is 3.88. The third-order valence-electron chi connectivity index (χ3n) is 3.95. The summed E-state index contributed by atoms with van der Waals surface area (Å²) in [4.78, 5) is 25.9. The van der Waals surface area contributed by atoms with Gasteiger partial charge in [-0.05, 0) is 54.9 Å². The molecule has 0 radical (unpaired) electrons. The number of benzene rings is 2. The second kappa shape index (κ2) is 7.47. The number of rotatable bonds is 5. The van der Waals surface area contributed by atoms with Gasteiger partial charge in [0.1, 0.15) is 0 Å². The SMILES string of the molecule is O=C1CC(NCCc2ccc(Cl)cc2)C(=O)N1c1ccc(Br)cc1. The number of amides is 2. The van der Waals surface area contributed by atoms with Crippen molar-refractivity contribution in [3.8, 4) is 0 Å². The van der Waals surface area contributed by atoms with Gasteiger partial charge in [0.25, 0.3) is 5.91 Å². The summed E-state index contributed by atoms with van der Waals surface area (Å²) in [5.41, 5.74) is 1.74. The van der Waals surface area contributed by atoms with Crippen molar-refractivity contribution >= 4 is 45.0 Å². The summed E-state index contributed by atoms with van der Waals surface area (Å²) in [6.45, 7) is 0.625. The van der Waals surface area contributed by atoms with E-state index in [2.05, 4.69) is 21.2 Å². The van der Waals surface area contributed by atoms with Crippen molar-refractivity contribution in [2.45, 2.75) is 18.9 Å². The maximum absolute atomic E-state index is 12.5. The first-order valence-electron chi connectivity index (χ1n) is 7.65. The van der Waals surface area contributed by atoms with Crippen LogP contribution in [0.3, 0.4) is 0 Å². The number of nitrogens with one attached hydrogen (secondary N) is 1. The van der Waals surface area contributed by atoms with E-state index in [4.69, 9.17) is 11.6 Å². The fourth-order valence-electron chi connectivity index (χ4n) is 2.69. The molecule has 6 heteroatoms. The van der Waals surface area contributed by atoms with Crippen molar-refractivity contribution in [3.05, 3.63) is 63.6 Å². The molecule has 2 amide bonds. The largest absolute Gasteiger partial charge is 0.305 e. The molecule has 1 atom stereocenters. The summed E-state index contributed by atoms with van der Waals surface area (Å²) in [7, 11) is 0. The van der Waals surface area contributed by atoms with E-state index in [0.717, 1.165) is 16.5 Å². The number of carbonyl (C=O) groups excluding carboxylic acids is 2. The van der Waals surface area contributed by atoms with Crippen molar-refractivity contribution in [2.24, 2.45) is 0 Å². The zero-order valence-corrected chi connectivity index (χ0v) is 15.2. The molecule has 1 fully saturated rings. The number of anilines is 1. The van der Waals surface area contributed by atoms with Gasteiger partial charge in [-0.2, -0.15) is 0 Å². The maximum Gasteiger partial charge on any atom is 0.251 e. The second-order valence-electron chi connectivity index (χ2n) is 5.63. The highest BCUT2D eigenvalue weighted by Crippen LogP contribution is 2.24. The zero-order valence-electron chi connectivity index (χ0n) is 12.8. The zero-order chi connectivity index (χ0) is 17.1. The van der Waals surface area contributed by atoms with E-state index in [1.54, 1.807) is 12.1 Å². The number of halogens is 2. The Morgan fingerprint density at radius 1 is 1.08 bits per heavy atom. The first-order chi connectivity index (χ1) is 11.5. The van der Waals surface area contributed by atoms with Crippen molar-refractivity contribution in [1.82, 2.24) is 5.32 Å². The molecular weight excluding hydrogens is 392 g/mol. The van der Waals surface area contributed by atoms with E-state index in [0.29, 0.717) is 17.3 Å². The van der Waals surface area contributed by atoms with Gasteiger partial charge < -0.3 is 5.32 Å². The molecule has 1 aliphatic rings. The quantitative estimate of drug-likeness (QED) is 0.771. The molecule has 3 rings (SSSR count). The minimum Gasteiger partial charge on any atom is -0.305 e. The van der Waals surface area contributed by atoms with Gasteiger partial charge in [-0.25, -0.2) is 4.90 Å². The number of imide groups is 1. The standard InChI is InChI=1S/C18H16BrClN2O2/c19-13-3-7-15(8-4-13)22-17(23)11-16(18(22)24)21-10-9-12-1-5-14(20)6-2-12/h1-8,16,21H,9-11H2. The van der Waals surface area contributed by atoms with Crippen molar-refractivity contribution in [1.29, 1.82) is 0 Å². The Morgan fingerprint density at radius 3 is 2.42 bits per heavy atom. The van der Waals surface area contributed by atoms with Crippen LogP contribution in [0.2, 0.25) is 5.02 Å². The fourth-order valence-corrected chi connectivity index (χ4v) is 3.08. The van der Waals surface area contributed by atoms with Gasteiger partial charge in [-0.15, -0.1) is 0 Å². The van der Waals surface area contributed by atoms with Crippen LogP contribution in [0.15, 0.2) is 53.0 Å². The maximum atomic E-state index is 12.5. The van der Waals surface area contributed by atoms with Crippen LogP contribution in [-0.4, -0.2) is 24.4 Å². The minimum absolute atomic E-state index is 0.175. The highest BCUT2D eigenvalue weighted by Gasteiger charge is 2.39. The molecule has 0 aromatic heterocycles. The number of carbonyl (C=O) groups is 2. The molecule has 0 spiro atoms. The highest BCUT2D eigenvalue weighted by molar-refractivity contribution is 9.10. The third kappa shape index (κ3) is 3.86. The Kier molecular flexibility index (Phi) is 5.33. The second-order valence-corrected chi connectivity index (χ2v) is 6.98. The Balaban J connectivity index is 1.59. The number of hydrogen-bond acceptors (Lipinski definition) is 3. The molecule has 0 bridgehead atoms. The smallest absolute Gasteiger partial charge is 0.251 e. The van der Waals surface area contributed by atoms with Gasteiger partial charge in [0.15, 0.2) is 0 Å². The summed E-state index contributed by atoms with van der Waals surface area (Å²) in [6, 6.07) is 14.3. The van der Waals surface area contributed by atoms with E-state index in [1.807, 2.05) is 36.4 Å². The van der Waals surface area contributed by atoms with Crippen molar-refractivity contribution < 1.29 is 9.59 Å². The van der Waals surface area contributed by atoms with Crippen LogP contribution >= 0.6 is 27.5 Å². The molecule has 2 aromatic rings.